The van der Waals surface area contributed by atoms with E-state index >= 15 is 0 Å². The largest absolute Gasteiger partial charge is 0.388 e. The molecule has 1 fully saturated rings. The molecule has 0 bridgehead atoms. The van der Waals surface area contributed by atoms with E-state index in [2.05, 4.69) is 4.98 Å². The third kappa shape index (κ3) is 6.00. The van der Waals surface area contributed by atoms with Crippen LogP contribution in [0.5, 0.6) is 0 Å². The van der Waals surface area contributed by atoms with E-state index in [1.54, 1.807) is 23.2 Å². The zero-order valence-electron chi connectivity index (χ0n) is 16.7. The monoisotopic (exact) mass is 417 g/mol. The van der Waals surface area contributed by atoms with Gasteiger partial charge in [0.05, 0.1) is 6.42 Å². The number of likely N-dealkylation sites (N-methyl/N-ethyl adjacent to an activating group) is 1. The molecule has 6 nitrogen and oxygen atoms in total. The molecule has 2 atom stereocenters. The number of nitrogens with zero attached hydrogens (tertiary/aromatic N) is 3. The summed E-state index contributed by atoms with van der Waals surface area (Å²) in [5.74, 6) is -0.0584. The number of piperidine rings is 1. The summed E-state index contributed by atoms with van der Waals surface area (Å²) in [5, 5.41) is 22.2. The maximum atomic E-state index is 12.6. The number of aromatic nitrogens is 1. The Morgan fingerprint density at radius 2 is 2.07 bits per heavy atom. The average Bonchev–Trinajstić information content (AvgIpc) is 2.71. The van der Waals surface area contributed by atoms with Gasteiger partial charge in [0.1, 0.15) is 11.7 Å². The first-order valence-electron chi connectivity index (χ1n) is 9.87. The van der Waals surface area contributed by atoms with Crippen molar-refractivity contribution < 1.29 is 15.0 Å². The quantitative estimate of drug-likeness (QED) is 0.718. The summed E-state index contributed by atoms with van der Waals surface area (Å²) in [7, 11) is 1.92. The Bertz CT molecular complexity index is 803. The van der Waals surface area contributed by atoms with Gasteiger partial charge < -0.3 is 20.0 Å². The number of rotatable bonds is 7. The number of carbonyl (C=O) groups is 1. The van der Waals surface area contributed by atoms with Crippen LogP contribution in [0.3, 0.4) is 0 Å². The predicted molar refractivity (Wildman–Crippen MR) is 113 cm³/mol. The van der Waals surface area contributed by atoms with Crippen molar-refractivity contribution in [3.05, 3.63) is 64.9 Å². The topological polar surface area (TPSA) is 76.9 Å². The Labute approximate surface area is 176 Å². The smallest absolute Gasteiger partial charge is 0.227 e. The first kappa shape index (κ1) is 21.7. The van der Waals surface area contributed by atoms with Crippen LogP contribution in [0.25, 0.3) is 0 Å². The number of likely N-dealkylation sites (tertiary alicyclic amines) is 1. The number of amides is 1. The second-order valence-corrected chi connectivity index (χ2v) is 8.26. The first-order valence-corrected chi connectivity index (χ1v) is 10.2. The van der Waals surface area contributed by atoms with Crippen molar-refractivity contribution in [1.82, 2.24) is 14.8 Å². The summed E-state index contributed by atoms with van der Waals surface area (Å²) in [6, 6.07) is 13.0. The molecule has 1 aromatic carbocycles. The molecular formula is C22H28ClN3O3. The molecule has 29 heavy (non-hydrogen) atoms. The van der Waals surface area contributed by atoms with E-state index in [1.165, 1.54) is 0 Å². The maximum Gasteiger partial charge on any atom is 0.227 e. The van der Waals surface area contributed by atoms with Gasteiger partial charge in [0, 0.05) is 49.5 Å². The van der Waals surface area contributed by atoms with Gasteiger partial charge in [0.2, 0.25) is 5.91 Å². The standard InChI is InChI=1S/C22H28ClN3O3/c1-25(12-9-19-4-2-3-11-24-19)16-22(29)10-13-26(15-20(22)27)21(28)14-17-5-7-18(23)8-6-17/h2-8,11,20,27,29H,9-10,12-16H2,1H3/t20-,22-/m0/s1. The van der Waals surface area contributed by atoms with E-state index in [0.717, 1.165) is 24.2 Å². The average molecular weight is 418 g/mol. The molecule has 0 saturated carbocycles. The molecule has 2 aromatic rings. The fourth-order valence-corrected chi connectivity index (χ4v) is 3.79. The lowest BCUT2D eigenvalue weighted by Crippen LogP contribution is -2.61. The van der Waals surface area contributed by atoms with Crippen LogP contribution >= 0.6 is 11.6 Å². The zero-order chi connectivity index (χ0) is 20.9. The lowest BCUT2D eigenvalue weighted by Gasteiger charge is -2.43. The molecule has 1 aliphatic rings. The number of benzene rings is 1. The second-order valence-electron chi connectivity index (χ2n) is 7.82. The Kier molecular flexibility index (Phi) is 7.24. The second kappa shape index (κ2) is 9.67. The Morgan fingerprint density at radius 3 is 2.72 bits per heavy atom. The number of aliphatic hydroxyl groups is 2. The van der Waals surface area contributed by atoms with Crippen molar-refractivity contribution in [1.29, 1.82) is 0 Å². The molecule has 0 spiro atoms. The lowest BCUT2D eigenvalue weighted by atomic mass is 9.87. The molecule has 3 rings (SSSR count). The number of pyridine rings is 1. The summed E-state index contributed by atoms with van der Waals surface area (Å²) >= 11 is 5.88. The van der Waals surface area contributed by atoms with Crippen LogP contribution in [-0.2, 0) is 17.6 Å². The molecular weight excluding hydrogens is 390 g/mol. The van der Waals surface area contributed by atoms with Crippen molar-refractivity contribution in [2.24, 2.45) is 0 Å². The van der Waals surface area contributed by atoms with Crippen molar-refractivity contribution in [3.8, 4) is 0 Å². The summed E-state index contributed by atoms with van der Waals surface area (Å²) in [4.78, 5) is 20.5. The third-order valence-corrected chi connectivity index (χ3v) is 5.72. The number of carbonyl (C=O) groups excluding carboxylic acids is 1. The van der Waals surface area contributed by atoms with Gasteiger partial charge >= 0.3 is 0 Å². The predicted octanol–water partition coefficient (Wildman–Crippen LogP) is 1.78. The number of hydrogen-bond acceptors (Lipinski definition) is 5. The summed E-state index contributed by atoms with van der Waals surface area (Å²) < 4.78 is 0. The SMILES string of the molecule is CN(CCc1ccccn1)C[C@@]1(O)CCN(C(=O)Cc2ccc(Cl)cc2)C[C@@H]1O. The Balaban J connectivity index is 1.49. The number of halogens is 1. The van der Waals surface area contributed by atoms with Crippen molar-refractivity contribution in [2.45, 2.75) is 31.0 Å². The summed E-state index contributed by atoms with van der Waals surface area (Å²) in [6.45, 7) is 1.64. The van der Waals surface area contributed by atoms with Gasteiger partial charge in [-0.25, -0.2) is 0 Å². The number of β-amino-alcohol motifs (C(OH)–C–C–N with tert-alkyl or cyclic N) is 1. The maximum absolute atomic E-state index is 12.6. The van der Waals surface area contributed by atoms with Crippen molar-refractivity contribution in [2.75, 3.05) is 33.2 Å². The van der Waals surface area contributed by atoms with Crippen LogP contribution < -0.4 is 0 Å². The highest BCUT2D eigenvalue weighted by atomic mass is 35.5. The molecule has 2 N–H and O–H groups in total. The lowest BCUT2D eigenvalue weighted by molar-refractivity contribution is -0.152. The first-order chi connectivity index (χ1) is 13.9. The molecule has 0 radical (unpaired) electrons. The minimum absolute atomic E-state index is 0.0584. The number of hydrogen-bond donors (Lipinski definition) is 2. The molecule has 1 amide bonds. The van der Waals surface area contributed by atoms with Gasteiger partial charge in [-0.15, -0.1) is 0 Å². The molecule has 156 valence electrons. The van der Waals surface area contributed by atoms with Gasteiger partial charge in [-0.3, -0.25) is 9.78 Å². The Hall–Kier alpha value is -1.99. The molecule has 7 heteroatoms. The van der Waals surface area contributed by atoms with Crippen molar-refractivity contribution >= 4 is 17.5 Å². The van der Waals surface area contributed by atoms with Gasteiger partial charge in [0.25, 0.3) is 0 Å². The van der Waals surface area contributed by atoms with Gasteiger partial charge in [-0.1, -0.05) is 29.8 Å². The van der Waals surface area contributed by atoms with Crippen LogP contribution in [0, 0.1) is 0 Å². The fourth-order valence-electron chi connectivity index (χ4n) is 3.66. The van der Waals surface area contributed by atoms with Crippen LogP contribution in [0.15, 0.2) is 48.7 Å². The number of aliphatic hydroxyl groups excluding tert-OH is 1. The molecule has 1 saturated heterocycles. The van der Waals surface area contributed by atoms with Crippen molar-refractivity contribution in [3.63, 3.8) is 0 Å². The van der Waals surface area contributed by atoms with Gasteiger partial charge in [0.15, 0.2) is 0 Å². The highest BCUT2D eigenvalue weighted by molar-refractivity contribution is 6.30. The minimum Gasteiger partial charge on any atom is -0.388 e. The molecule has 0 aliphatic carbocycles. The van der Waals surface area contributed by atoms with Crippen LogP contribution in [-0.4, -0.2) is 75.8 Å². The van der Waals surface area contributed by atoms with E-state index in [4.69, 9.17) is 11.6 Å². The van der Waals surface area contributed by atoms with Gasteiger partial charge in [-0.05, 0) is 43.3 Å². The summed E-state index contributed by atoms with van der Waals surface area (Å²) in [5.41, 5.74) is 0.647. The molecule has 2 heterocycles. The highest BCUT2D eigenvalue weighted by Gasteiger charge is 2.42. The van der Waals surface area contributed by atoms with Crippen LogP contribution in [0.2, 0.25) is 5.02 Å². The molecule has 1 aromatic heterocycles. The zero-order valence-corrected chi connectivity index (χ0v) is 17.4. The van der Waals surface area contributed by atoms with Crippen LogP contribution in [0.1, 0.15) is 17.7 Å². The van der Waals surface area contributed by atoms with Gasteiger partial charge in [-0.2, -0.15) is 0 Å². The molecule has 1 aliphatic heterocycles. The Morgan fingerprint density at radius 1 is 1.31 bits per heavy atom. The fraction of sp³-hybridized carbons (Fsp3) is 0.455. The third-order valence-electron chi connectivity index (χ3n) is 5.47. The minimum atomic E-state index is -1.23. The molecule has 0 unspecified atom stereocenters. The van der Waals surface area contributed by atoms with E-state index in [-0.39, 0.29) is 18.9 Å². The van der Waals surface area contributed by atoms with E-state index in [0.29, 0.717) is 24.5 Å². The highest BCUT2D eigenvalue weighted by Crippen LogP contribution is 2.24. The van der Waals surface area contributed by atoms with E-state index in [1.807, 2.05) is 42.3 Å². The van der Waals surface area contributed by atoms with E-state index in [9.17, 15) is 15.0 Å². The van der Waals surface area contributed by atoms with E-state index < -0.39 is 11.7 Å². The summed E-state index contributed by atoms with van der Waals surface area (Å²) in [6.07, 6.45) is 2.15. The normalized spacial score (nSPS) is 22.1. The van der Waals surface area contributed by atoms with Crippen LogP contribution in [0.4, 0.5) is 0 Å².